The highest BCUT2D eigenvalue weighted by Gasteiger charge is 2.35. The molecule has 36 heavy (non-hydrogen) atoms. The lowest BCUT2D eigenvalue weighted by Gasteiger charge is -2.36. The largest absolute Gasteiger partial charge is 0.496 e. The minimum Gasteiger partial charge on any atom is -0.496 e. The van der Waals surface area contributed by atoms with Crippen LogP contribution in [0, 0.1) is 12.7 Å². The summed E-state index contributed by atoms with van der Waals surface area (Å²) < 4.78 is 19.8. The standard InChI is InChI=1S/C29H31FN4O2/c1-21-11-13-22(14-12-21)25-19-27(23-7-3-6-10-28(23)36-2)34(31-25)29(35)20-32-15-17-33(18-16-32)26-9-5-4-8-24(26)30/h3-14,27H,15-20H2,1-2H3. The first-order valence-electron chi connectivity index (χ1n) is 12.3. The number of nitrogens with zero attached hydrogens (tertiary/aromatic N) is 4. The molecule has 7 heteroatoms. The van der Waals surface area contributed by atoms with Crippen LogP contribution in [0.2, 0.25) is 0 Å². The summed E-state index contributed by atoms with van der Waals surface area (Å²) in [7, 11) is 1.65. The molecule has 0 radical (unpaired) electrons. The summed E-state index contributed by atoms with van der Waals surface area (Å²) in [6.45, 7) is 5.02. The molecule has 0 saturated carbocycles. The van der Waals surface area contributed by atoms with Gasteiger partial charge in [0.1, 0.15) is 11.6 Å². The molecule has 0 bridgehead atoms. The van der Waals surface area contributed by atoms with Crippen LogP contribution in [0.25, 0.3) is 0 Å². The van der Waals surface area contributed by atoms with Gasteiger partial charge in [-0.2, -0.15) is 5.10 Å². The number of benzene rings is 3. The number of hydrogen-bond acceptors (Lipinski definition) is 5. The van der Waals surface area contributed by atoms with Crippen LogP contribution in [0.1, 0.15) is 29.2 Å². The first-order chi connectivity index (χ1) is 17.5. The molecule has 1 atom stereocenters. The van der Waals surface area contributed by atoms with Gasteiger partial charge in [-0.1, -0.05) is 60.2 Å². The van der Waals surface area contributed by atoms with Gasteiger partial charge in [-0.3, -0.25) is 9.69 Å². The summed E-state index contributed by atoms with van der Waals surface area (Å²) in [5, 5.41) is 6.45. The molecule has 2 aliphatic heterocycles. The predicted octanol–water partition coefficient (Wildman–Crippen LogP) is 4.64. The van der Waals surface area contributed by atoms with Crippen molar-refractivity contribution in [2.75, 3.05) is 44.7 Å². The lowest BCUT2D eigenvalue weighted by atomic mass is 9.97. The molecular weight excluding hydrogens is 455 g/mol. The van der Waals surface area contributed by atoms with Crippen molar-refractivity contribution in [3.63, 3.8) is 0 Å². The molecule has 5 rings (SSSR count). The van der Waals surface area contributed by atoms with E-state index in [0.717, 1.165) is 22.6 Å². The van der Waals surface area contributed by atoms with Crippen molar-refractivity contribution in [3.8, 4) is 5.75 Å². The quantitative estimate of drug-likeness (QED) is 0.509. The van der Waals surface area contributed by atoms with E-state index in [-0.39, 0.29) is 24.3 Å². The molecule has 0 aliphatic carbocycles. The molecule has 2 heterocycles. The van der Waals surface area contributed by atoms with Gasteiger partial charge in [-0.15, -0.1) is 0 Å². The molecule has 3 aromatic carbocycles. The Labute approximate surface area is 211 Å². The van der Waals surface area contributed by atoms with Crippen LogP contribution in [0.5, 0.6) is 5.75 Å². The molecule has 1 amide bonds. The Morgan fingerprint density at radius 2 is 1.67 bits per heavy atom. The number of ether oxygens (including phenoxy) is 1. The maximum Gasteiger partial charge on any atom is 0.257 e. The normalized spacial score (nSPS) is 18.3. The third-order valence-corrected chi connectivity index (χ3v) is 6.97. The predicted molar refractivity (Wildman–Crippen MR) is 140 cm³/mol. The van der Waals surface area contributed by atoms with E-state index in [4.69, 9.17) is 9.84 Å². The van der Waals surface area contributed by atoms with E-state index < -0.39 is 0 Å². The number of anilines is 1. The zero-order valence-electron chi connectivity index (χ0n) is 20.7. The summed E-state index contributed by atoms with van der Waals surface area (Å²) >= 11 is 0. The van der Waals surface area contributed by atoms with E-state index in [0.29, 0.717) is 38.3 Å². The second-order valence-corrected chi connectivity index (χ2v) is 9.33. The molecule has 1 unspecified atom stereocenters. The number of amides is 1. The van der Waals surface area contributed by atoms with Gasteiger partial charge < -0.3 is 9.64 Å². The molecule has 2 aliphatic rings. The molecule has 1 saturated heterocycles. The van der Waals surface area contributed by atoms with Gasteiger partial charge in [-0.25, -0.2) is 9.40 Å². The van der Waals surface area contributed by atoms with Gasteiger partial charge >= 0.3 is 0 Å². The fourth-order valence-electron chi connectivity index (χ4n) is 4.96. The average Bonchev–Trinajstić information content (AvgIpc) is 3.35. The number of carbonyl (C=O) groups excluding carboxylic acids is 1. The number of rotatable bonds is 6. The second-order valence-electron chi connectivity index (χ2n) is 9.33. The molecule has 0 aromatic heterocycles. The average molecular weight is 487 g/mol. The molecule has 3 aromatic rings. The number of piperazine rings is 1. The van der Waals surface area contributed by atoms with Crippen LogP contribution in [-0.4, -0.2) is 61.4 Å². The van der Waals surface area contributed by atoms with Crippen LogP contribution < -0.4 is 9.64 Å². The topological polar surface area (TPSA) is 48.4 Å². The minimum atomic E-state index is -0.232. The van der Waals surface area contributed by atoms with E-state index in [1.54, 1.807) is 24.3 Å². The number of hydrogen-bond donors (Lipinski definition) is 0. The van der Waals surface area contributed by atoms with Gasteiger partial charge in [-0.05, 0) is 30.7 Å². The molecule has 6 nitrogen and oxygen atoms in total. The van der Waals surface area contributed by atoms with Crippen LogP contribution in [0.15, 0.2) is 77.9 Å². The number of para-hydroxylation sites is 2. The molecule has 0 N–H and O–H groups in total. The number of carbonyl (C=O) groups is 1. The Balaban J connectivity index is 1.33. The van der Waals surface area contributed by atoms with Crippen LogP contribution >= 0.6 is 0 Å². The van der Waals surface area contributed by atoms with Crippen molar-refractivity contribution in [1.82, 2.24) is 9.91 Å². The van der Waals surface area contributed by atoms with Gasteiger partial charge in [0.2, 0.25) is 0 Å². The Bertz CT molecular complexity index is 1250. The van der Waals surface area contributed by atoms with E-state index in [9.17, 15) is 9.18 Å². The summed E-state index contributed by atoms with van der Waals surface area (Å²) in [5.41, 5.74) is 4.66. The number of halogens is 1. The Morgan fingerprint density at radius 3 is 2.39 bits per heavy atom. The summed E-state index contributed by atoms with van der Waals surface area (Å²) in [6, 6.07) is 22.7. The van der Waals surface area contributed by atoms with Crippen molar-refractivity contribution in [2.45, 2.75) is 19.4 Å². The molecule has 1 fully saturated rings. The number of methoxy groups -OCH3 is 1. The molecule has 0 spiro atoms. The first-order valence-corrected chi connectivity index (χ1v) is 12.3. The van der Waals surface area contributed by atoms with E-state index >= 15 is 0 Å². The summed E-state index contributed by atoms with van der Waals surface area (Å²) in [5.74, 6) is 0.489. The molecule has 186 valence electrons. The van der Waals surface area contributed by atoms with E-state index in [1.165, 1.54) is 11.6 Å². The van der Waals surface area contributed by atoms with Crippen molar-refractivity contribution >= 4 is 17.3 Å². The minimum absolute atomic E-state index is 0.0487. The van der Waals surface area contributed by atoms with Crippen molar-refractivity contribution in [2.24, 2.45) is 5.10 Å². The third kappa shape index (κ3) is 4.97. The SMILES string of the molecule is COc1ccccc1C1CC(c2ccc(C)cc2)=NN1C(=O)CN1CCN(c2ccccc2F)CC1. The highest BCUT2D eigenvalue weighted by molar-refractivity contribution is 6.03. The van der Waals surface area contributed by atoms with Gasteiger partial charge in [0, 0.05) is 38.2 Å². The number of aryl methyl sites for hydroxylation is 1. The lowest BCUT2D eigenvalue weighted by Crippen LogP contribution is -2.49. The summed E-state index contributed by atoms with van der Waals surface area (Å²) in [6.07, 6.45) is 0.621. The van der Waals surface area contributed by atoms with Gasteiger partial charge in [0.15, 0.2) is 0 Å². The third-order valence-electron chi connectivity index (χ3n) is 6.97. The number of hydrazone groups is 1. The van der Waals surface area contributed by atoms with E-state index in [2.05, 4.69) is 36.1 Å². The zero-order chi connectivity index (χ0) is 25.1. The highest BCUT2D eigenvalue weighted by atomic mass is 19.1. The van der Waals surface area contributed by atoms with Crippen molar-refractivity contribution in [3.05, 3.63) is 95.3 Å². The summed E-state index contributed by atoms with van der Waals surface area (Å²) in [4.78, 5) is 17.8. The maximum absolute atomic E-state index is 14.2. The maximum atomic E-state index is 14.2. The van der Waals surface area contributed by atoms with Crippen LogP contribution in [0.3, 0.4) is 0 Å². The van der Waals surface area contributed by atoms with Crippen molar-refractivity contribution in [1.29, 1.82) is 0 Å². The smallest absolute Gasteiger partial charge is 0.257 e. The Kier molecular flexibility index (Phi) is 7.00. The second kappa shape index (κ2) is 10.5. The molecular formula is C29H31FN4O2. The van der Waals surface area contributed by atoms with Crippen molar-refractivity contribution < 1.29 is 13.9 Å². The Hall–Kier alpha value is -3.71. The van der Waals surface area contributed by atoms with Gasteiger partial charge in [0.05, 0.1) is 31.1 Å². The van der Waals surface area contributed by atoms with E-state index in [1.807, 2.05) is 35.2 Å². The monoisotopic (exact) mass is 486 g/mol. The highest BCUT2D eigenvalue weighted by Crippen LogP contribution is 2.37. The fraction of sp³-hybridized carbons (Fsp3) is 0.310. The van der Waals surface area contributed by atoms with Gasteiger partial charge in [0.25, 0.3) is 5.91 Å². The Morgan fingerprint density at radius 1 is 0.972 bits per heavy atom. The first kappa shape index (κ1) is 24.0. The van der Waals surface area contributed by atoms with Crippen LogP contribution in [0.4, 0.5) is 10.1 Å². The lowest BCUT2D eigenvalue weighted by molar-refractivity contribution is -0.134. The zero-order valence-corrected chi connectivity index (χ0v) is 20.7. The van der Waals surface area contributed by atoms with Crippen LogP contribution in [-0.2, 0) is 4.79 Å². The fourth-order valence-corrected chi connectivity index (χ4v) is 4.96.